The molecule has 1 aromatic heterocycles. The highest BCUT2D eigenvalue weighted by molar-refractivity contribution is 6.30. The number of aromatic nitrogens is 2. The molecule has 0 atom stereocenters. The van der Waals surface area contributed by atoms with Crippen LogP contribution in [0.5, 0.6) is 0 Å². The van der Waals surface area contributed by atoms with Crippen LogP contribution in [0.15, 0.2) is 48.5 Å². The highest BCUT2D eigenvalue weighted by Crippen LogP contribution is 2.37. The van der Waals surface area contributed by atoms with Gasteiger partial charge in [-0.3, -0.25) is 9.48 Å². The van der Waals surface area contributed by atoms with Crippen molar-refractivity contribution in [3.63, 3.8) is 0 Å². The topological polar surface area (TPSA) is 93.2 Å². The molecule has 2 aromatic carbocycles. The van der Waals surface area contributed by atoms with E-state index < -0.39 is 5.91 Å². The van der Waals surface area contributed by atoms with E-state index in [1.807, 2.05) is 6.07 Å². The number of amides is 3. The number of carbonyl (C=O) groups excluding carboxylic acids is 2. The Morgan fingerprint density at radius 3 is 2.58 bits per heavy atom. The molecule has 3 N–H and O–H groups in total. The smallest absolute Gasteiger partial charge is 0.318 e. The molecule has 7 nitrogen and oxygen atoms in total. The zero-order valence-electron chi connectivity index (χ0n) is 17.8. The fourth-order valence-corrected chi connectivity index (χ4v) is 4.79. The Morgan fingerprint density at radius 1 is 1.12 bits per heavy atom. The molecule has 3 aromatic rings. The molecule has 2 aliphatic rings. The molecule has 2 heterocycles. The van der Waals surface area contributed by atoms with Gasteiger partial charge in [-0.25, -0.2) is 9.18 Å². The van der Waals surface area contributed by atoms with E-state index in [1.54, 1.807) is 39.9 Å². The van der Waals surface area contributed by atoms with Crippen LogP contribution in [0, 0.1) is 5.82 Å². The van der Waals surface area contributed by atoms with Crippen LogP contribution < -0.4 is 11.1 Å². The number of nitrogens with zero attached hydrogens (tertiary/aromatic N) is 3. The molecule has 0 bridgehead atoms. The lowest BCUT2D eigenvalue weighted by Crippen LogP contribution is -2.51. The first kappa shape index (κ1) is 21.5. The summed E-state index contributed by atoms with van der Waals surface area (Å²) in [4.78, 5) is 26.9. The van der Waals surface area contributed by atoms with Crippen LogP contribution in [-0.2, 0) is 13.1 Å². The summed E-state index contributed by atoms with van der Waals surface area (Å²) in [7, 11) is 0. The molecule has 5 rings (SSSR count). The predicted molar refractivity (Wildman–Crippen MR) is 122 cm³/mol. The molecule has 1 aliphatic heterocycles. The average Bonchev–Trinajstić information content (AvgIpc) is 3.16. The number of halogens is 2. The van der Waals surface area contributed by atoms with Crippen molar-refractivity contribution in [1.82, 2.24) is 20.0 Å². The minimum atomic E-state index is -0.588. The predicted octanol–water partition coefficient (Wildman–Crippen LogP) is 3.91. The monoisotopic (exact) mass is 467 g/mol. The van der Waals surface area contributed by atoms with Gasteiger partial charge in [-0.2, -0.15) is 5.10 Å². The van der Waals surface area contributed by atoms with Gasteiger partial charge in [0.05, 0.1) is 24.3 Å². The number of hydrogen-bond acceptors (Lipinski definition) is 3. The van der Waals surface area contributed by atoms with Crippen molar-refractivity contribution in [1.29, 1.82) is 0 Å². The number of benzene rings is 2. The summed E-state index contributed by atoms with van der Waals surface area (Å²) >= 11 is 6.11. The van der Waals surface area contributed by atoms with Gasteiger partial charge in [-0.05, 0) is 48.6 Å². The second kappa shape index (κ2) is 8.51. The van der Waals surface area contributed by atoms with E-state index in [0.29, 0.717) is 46.5 Å². The molecule has 3 amide bonds. The van der Waals surface area contributed by atoms with Crippen LogP contribution in [-0.4, -0.2) is 39.2 Å². The van der Waals surface area contributed by atoms with E-state index in [1.165, 1.54) is 12.1 Å². The number of fused-ring (bicyclic) bond motifs is 1. The molecule has 1 fully saturated rings. The first-order valence-electron chi connectivity index (χ1n) is 10.9. The van der Waals surface area contributed by atoms with Crippen LogP contribution in [0.1, 0.15) is 40.4 Å². The molecule has 170 valence electrons. The summed E-state index contributed by atoms with van der Waals surface area (Å²) in [6.07, 6.45) is 1.63. The van der Waals surface area contributed by atoms with Crippen molar-refractivity contribution in [2.45, 2.75) is 37.9 Å². The van der Waals surface area contributed by atoms with Crippen LogP contribution in [0.25, 0.3) is 11.3 Å². The van der Waals surface area contributed by atoms with E-state index in [9.17, 15) is 14.0 Å². The molecule has 0 radical (unpaired) electrons. The maximum atomic E-state index is 13.1. The quantitative estimate of drug-likeness (QED) is 0.609. The van der Waals surface area contributed by atoms with Gasteiger partial charge in [0.15, 0.2) is 0 Å². The fraction of sp³-hybridized carbons (Fsp3) is 0.292. The first-order chi connectivity index (χ1) is 15.9. The Kier molecular flexibility index (Phi) is 5.54. The zero-order valence-corrected chi connectivity index (χ0v) is 18.6. The molecular weight excluding hydrogens is 445 g/mol. The highest BCUT2D eigenvalue weighted by atomic mass is 35.5. The Hall–Kier alpha value is -3.39. The number of urea groups is 1. The Balaban J connectivity index is 1.27. The summed E-state index contributed by atoms with van der Waals surface area (Å²) in [5.74, 6) is -0.517. The van der Waals surface area contributed by atoms with Crippen LogP contribution in [0.4, 0.5) is 9.18 Å². The van der Waals surface area contributed by atoms with Crippen molar-refractivity contribution < 1.29 is 14.0 Å². The highest BCUT2D eigenvalue weighted by Gasteiger charge is 2.34. The first-order valence-corrected chi connectivity index (χ1v) is 11.2. The van der Waals surface area contributed by atoms with Crippen LogP contribution in [0.2, 0.25) is 5.02 Å². The van der Waals surface area contributed by atoms with E-state index in [-0.39, 0.29) is 24.4 Å². The lowest BCUT2D eigenvalue weighted by Gasteiger charge is -2.38. The number of nitrogens with two attached hydrogens (primary N) is 1. The summed E-state index contributed by atoms with van der Waals surface area (Å²) < 4.78 is 14.9. The third-order valence-electron chi connectivity index (χ3n) is 6.42. The second-order valence-corrected chi connectivity index (χ2v) is 8.99. The van der Waals surface area contributed by atoms with Gasteiger partial charge < -0.3 is 16.0 Å². The SMILES string of the molecule is NC(=O)c1c(-c2cccc(Cl)c2)nn2c1CN(C(=O)N[C@H]1C[C@@H](c3ccc(F)cc3)C1)CC2. The molecule has 0 unspecified atom stereocenters. The fourth-order valence-electron chi connectivity index (χ4n) is 4.60. The van der Waals surface area contributed by atoms with Gasteiger partial charge in [-0.15, -0.1) is 0 Å². The van der Waals surface area contributed by atoms with Crippen LogP contribution in [0.3, 0.4) is 0 Å². The maximum Gasteiger partial charge on any atom is 0.318 e. The maximum absolute atomic E-state index is 13.1. The number of primary amides is 1. The average molecular weight is 468 g/mol. The van der Waals surface area contributed by atoms with E-state index >= 15 is 0 Å². The third-order valence-corrected chi connectivity index (χ3v) is 6.65. The Bertz CT molecular complexity index is 1220. The summed E-state index contributed by atoms with van der Waals surface area (Å²) in [5.41, 5.74) is 8.91. The van der Waals surface area contributed by atoms with Gasteiger partial charge in [0.2, 0.25) is 0 Å². The van der Waals surface area contributed by atoms with Crippen molar-refractivity contribution in [2.24, 2.45) is 5.73 Å². The van der Waals surface area contributed by atoms with Crippen molar-refractivity contribution in [2.75, 3.05) is 6.54 Å². The third kappa shape index (κ3) is 4.18. The second-order valence-electron chi connectivity index (χ2n) is 8.56. The number of carbonyl (C=O) groups is 2. The molecular formula is C24H23ClFN5O2. The molecule has 0 spiro atoms. The van der Waals surface area contributed by atoms with Crippen molar-refractivity contribution >= 4 is 23.5 Å². The zero-order chi connectivity index (χ0) is 23.1. The van der Waals surface area contributed by atoms with Gasteiger partial charge in [-0.1, -0.05) is 35.9 Å². The number of hydrogen-bond donors (Lipinski definition) is 2. The number of rotatable bonds is 4. The summed E-state index contributed by atoms with van der Waals surface area (Å²) in [6, 6.07) is 13.5. The Morgan fingerprint density at radius 2 is 1.88 bits per heavy atom. The molecule has 1 aliphatic carbocycles. The van der Waals surface area contributed by atoms with Crippen LogP contribution >= 0.6 is 11.6 Å². The summed E-state index contributed by atoms with van der Waals surface area (Å²) in [6.45, 7) is 1.18. The van der Waals surface area contributed by atoms with Gasteiger partial charge in [0.25, 0.3) is 5.91 Å². The lowest BCUT2D eigenvalue weighted by atomic mass is 9.76. The van der Waals surface area contributed by atoms with Gasteiger partial charge >= 0.3 is 6.03 Å². The van der Waals surface area contributed by atoms with E-state index in [2.05, 4.69) is 10.4 Å². The minimum absolute atomic E-state index is 0.0667. The normalized spacial score (nSPS) is 19.5. The van der Waals surface area contributed by atoms with Gasteiger partial charge in [0.1, 0.15) is 11.5 Å². The van der Waals surface area contributed by atoms with E-state index in [0.717, 1.165) is 18.4 Å². The standard InChI is InChI=1S/C24H23ClFN5O2/c25-17-3-1-2-15(10-17)22-21(23(27)32)20-13-30(8-9-31(20)29-22)24(33)28-19-11-16(12-19)14-4-6-18(26)7-5-14/h1-7,10,16,19H,8-9,11-13H2,(H2,27,32)(H,28,33)/t16-,19+. The van der Waals surface area contributed by atoms with Gasteiger partial charge in [0, 0.05) is 23.2 Å². The molecule has 0 saturated heterocycles. The van der Waals surface area contributed by atoms with Crippen molar-refractivity contribution in [3.8, 4) is 11.3 Å². The lowest BCUT2D eigenvalue weighted by molar-refractivity contribution is 0.0997. The molecule has 33 heavy (non-hydrogen) atoms. The Labute approximate surface area is 195 Å². The summed E-state index contributed by atoms with van der Waals surface area (Å²) in [5, 5.41) is 8.20. The molecule has 1 saturated carbocycles. The van der Waals surface area contributed by atoms with Crippen molar-refractivity contribution in [3.05, 3.63) is 76.2 Å². The number of nitrogens with one attached hydrogen (secondary N) is 1. The molecule has 9 heteroatoms. The minimum Gasteiger partial charge on any atom is -0.365 e. The van der Waals surface area contributed by atoms with E-state index in [4.69, 9.17) is 17.3 Å². The largest absolute Gasteiger partial charge is 0.365 e.